The largest absolute Gasteiger partial charge is 0.393 e. The number of benzene rings is 1. The van der Waals surface area contributed by atoms with E-state index in [9.17, 15) is 23.1 Å². The highest BCUT2D eigenvalue weighted by atomic mass is 19.4. The molecular formula is C16H23F3N2O2. The molecule has 1 rings (SSSR count). The summed E-state index contributed by atoms with van der Waals surface area (Å²) in [7, 11) is 0. The number of urea groups is 1. The molecule has 0 bridgehead atoms. The van der Waals surface area contributed by atoms with Crippen molar-refractivity contribution in [2.24, 2.45) is 5.41 Å². The molecule has 0 aromatic heterocycles. The Hall–Kier alpha value is -1.76. The molecule has 1 atom stereocenters. The molecular weight excluding hydrogens is 309 g/mol. The van der Waals surface area contributed by atoms with E-state index in [1.165, 1.54) is 24.3 Å². The normalized spacial score (nSPS) is 13.5. The lowest BCUT2D eigenvalue weighted by Crippen LogP contribution is -2.38. The predicted molar refractivity (Wildman–Crippen MR) is 83.3 cm³/mol. The number of halogens is 3. The van der Waals surface area contributed by atoms with E-state index in [4.69, 9.17) is 0 Å². The van der Waals surface area contributed by atoms with E-state index < -0.39 is 24.7 Å². The Labute approximate surface area is 134 Å². The number of carbonyl (C=O) groups excluding carboxylic acids is 1. The van der Waals surface area contributed by atoms with Crippen LogP contribution >= 0.6 is 0 Å². The van der Waals surface area contributed by atoms with Crippen molar-refractivity contribution in [3.8, 4) is 0 Å². The highest BCUT2D eigenvalue weighted by molar-refractivity contribution is 5.89. The van der Waals surface area contributed by atoms with Crippen LogP contribution in [0.4, 0.5) is 23.7 Å². The number of alkyl halides is 3. The molecule has 2 amide bonds. The third kappa shape index (κ3) is 8.44. The number of aliphatic hydroxyl groups is 1. The smallest absolute Gasteiger partial charge is 0.393 e. The Balaban J connectivity index is 2.56. The van der Waals surface area contributed by atoms with Gasteiger partial charge in [-0.3, -0.25) is 0 Å². The van der Waals surface area contributed by atoms with Gasteiger partial charge in [0, 0.05) is 12.2 Å². The Morgan fingerprint density at radius 1 is 1.30 bits per heavy atom. The van der Waals surface area contributed by atoms with Crippen molar-refractivity contribution < 1.29 is 23.1 Å². The number of anilines is 1. The molecule has 3 N–H and O–H groups in total. The lowest BCUT2D eigenvalue weighted by atomic mass is 9.87. The first-order valence-corrected chi connectivity index (χ1v) is 7.35. The average Bonchev–Trinajstić information content (AvgIpc) is 2.33. The zero-order chi connectivity index (χ0) is 17.7. The van der Waals surface area contributed by atoms with E-state index in [1.54, 1.807) is 6.92 Å². The van der Waals surface area contributed by atoms with Gasteiger partial charge in [-0.25, -0.2) is 4.79 Å². The molecule has 0 radical (unpaired) electrons. The topological polar surface area (TPSA) is 61.4 Å². The molecule has 0 saturated carbocycles. The fourth-order valence-corrected chi connectivity index (χ4v) is 2.36. The zero-order valence-electron chi connectivity index (χ0n) is 13.5. The van der Waals surface area contributed by atoms with Crippen LogP contribution in [0.1, 0.15) is 32.8 Å². The molecule has 7 heteroatoms. The molecule has 0 aliphatic rings. The summed E-state index contributed by atoms with van der Waals surface area (Å²) in [4.78, 5) is 11.8. The first kappa shape index (κ1) is 19.3. The van der Waals surface area contributed by atoms with Gasteiger partial charge in [-0.15, -0.1) is 0 Å². The maximum atomic E-state index is 12.4. The van der Waals surface area contributed by atoms with E-state index in [-0.39, 0.29) is 11.0 Å². The van der Waals surface area contributed by atoms with Crippen LogP contribution in [0.2, 0.25) is 0 Å². The van der Waals surface area contributed by atoms with Gasteiger partial charge in [-0.1, -0.05) is 26.0 Å². The molecule has 1 aromatic carbocycles. The van der Waals surface area contributed by atoms with Gasteiger partial charge in [-0.2, -0.15) is 13.2 Å². The SMILES string of the molecule is CC(O)CC(C)(C)CNC(=O)Nc1cccc(CC(F)(F)F)c1. The number of aliphatic hydroxyl groups excluding tert-OH is 1. The molecule has 0 spiro atoms. The lowest BCUT2D eigenvalue weighted by Gasteiger charge is -2.26. The maximum Gasteiger partial charge on any atom is 0.393 e. The second-order valence-electron chi connectivity index (χ2n) is 6.52. The minimum Gasteiger partial charge on any atom is -0.393 e. The second-order valence-corrected chi connectivity index (χ2v) is 6.52. The average molecular weight is 332 g/mol. The number of carbonyl (C=O) groups is 1. The van der Waals surface area contributed by atoms with Crippen molar-refractivity contribution in [2.45, 2.75) is 45.9 Å². The number of hydrogen-bond acceptors (Lipinski definition) is 2. The van der Waals surface area contributed by atoms with Crippen LogP contribution in [0.3, 0.4) is 0 Å². The van der Waals surface area contributed by atoms with Crippen LogP contribution in [0.15, 0.2) is 24.3 Å². The monoisotopic (exact) mass is 332 g/mol. The maximum absolute atomic E-state index is 12.4. The van der Waals surface area contributed by atoms with Gasteiger partial charge < -0.3 is 15.7 Å². The fourth-order valence-electron chi connectivity index (χ4n) is 2.36. The lowest BCUT2D eigenvalue weighted by molar-refractivity contribution is -0.127. The number of rotatable bonds is 6. The summed E-state index contributed by atoms with van der Waals surface area (Å²) in [5.41, 5.74) is 0.103. The second kappa shape index (κ2) is 7.68. The summed E-state index contributed by atoms with van der Waals surface area (Å²) in [6, 6.07) is 5.16. The summed E-state index contributed by atoms with van der Waals surface area (Å²) >= 11 is 0. The predicted octanol–water partition coefficient (Wildman–Crippen LogP) is 3.71. The molecule has 130 valence electrons. The molecule has 1 aromatic rings. The van der Waals surface area contributed by atoms with Gasteiger partial charge in [0.15, 0.2) is 0 Å². The number of nitrogens with one attached hydrogen (secondary N) is 2. The number of hydrogen-bond donors (Lipinski definition) is 3. The number of amides is 2. The third-order valence-electron chi connectivity index (χ3n) is 3.16. The summed E-state index contributed by atoms with van der Waals surface area (Å²) < 4.78 is 37.1. The van der Waals surface area contributed by atoms with Gasteiger partial charge in [0.05, 0.1) is 12.5 Å². The van der Waals surface area contributed by atoms with Crippen LogP contribution in [0.5, 0.6) is 0 Å². The van der Waals surface area contributed by atoms with Gasteiger partial charge in [0.25, 0.3) is 0 Å². The van der Waals surface area contributed by atoms with Crippen LogP contribution < -0.4 is 10.6 Å². The van der Waals surface area contributed by atoms with Crippen molar-refractivity contribution in [1.29, 1.82) is 0 Å². The summed E-state index contributed by atoms with van der Waals surface area (Å²) in [6.07, 6.45) is -5.28. The quantitative estimate of drug-likeness (QED) is 0.744. The molecule has 23 heavy (non-hydrogen) atoms. The highest BCUT2D eigenvalue weighted by Gasteiger charge is 2.27. The van der Waals surface area contributed by atoms with Gasteiger partial charge in [0.2, 0.25) is 0 Å². The van der Waals surface area contributed by atoms with E-state index in [0.717, 1.165) is 0 Å². The minimum atomic E-state index is -4.29. The van der Waals surface area contributed by atoms with Gasteiger partial charge in [0.1, 0.15) is 0 Å². The van der Waals surface area contributed by atoms with Crippen molar-refractivity contribution >= 4 is 11.7 Å². The fraction of sp³-hybridized carbons (Fsp3) is 0.562. The van der Waals surface area contributed by atoms with E-state index in [1.807, 2.05) is 13.8 Å². The Bertz CT molecular complexity index is 528. The summed E-state index contributed by atoms with van der Waals surface area (Å²) in [6.45, 7) is 5.83. The van der Waals surface area contributed by atoms with Crippen molar-refractivity contribution in [1.82, 2.24) is 5.32 Å². The van der Waals surface area contributed by atoms with E-state index >= 15 is 0 Å². The van der Waals surface area contributed by atoms with Crippen molar-refractivity contribution in [2.75, 3.05) is 11.9 Å². The highest BCUT2D eigenvalue weighted by Crippen LogP contribution is 2.23. The van der Waals surface area contributed by atoms with Crippen molar-refractivity contribution in [3.63, 3.8) is 0 Å². The summed E-state index contributed by atoms with van der Waals surface area (Å²) in [5, 5.41) is 14.6. The van der Waals surface area contributed by atoms with E-state index in [2.05, 4.69) is 10.6 Å². The Morgan fingerprint density at radius 2 is 1.96 bits per heavy atom. The van der Waals surface area contributed by atoms with Gasteiger partial charge >= 0.3 is 12.2 Å². The zero-order valence-corrected chi connectivity index (χ0v) is 13.5. The van der Waals surface area contributed by atoms with E-state index in [0.29, 0.717) is 18.7 Å². The molecule has 4 nitrogen and oxygen atoms in total. The molecule has 0 aliphatic carbocycles. The minimum absolute atomic E-state index is 0.0877. The first-order chi connectivity index (χ1) is 10.5. The van der Waals surface area contributed by atoms with Crippen LogP contribution in [0, 0.1) is 5.41 Å². The molecule has 0 aliphatic heterocycles. The summed E-state index contributed by atoms with van der Waals surface area (Å²) in [5.74, 6) is 0. The van der Waals surface area contributed by atoms with Gasteiger partial charge in [-0.05, 0) is 36.5 Å². The van der Waals surface area contributed by atoms with Crippen molar-refractivity contribution in [3.05, 3.63) is 29.8 Å². The third-order valence-corrected chi connectivity index (χ3v) is 3.16. The standard InChI is InChI=1S/C16H23F3N2O2/c1-11(22)8-15(2,3)10-20-14(23)21-13-6-4-5-12(7-13)9-16(17,18)19/h4-7,11,22H,8-10H2,1-3H3,(H2,20,21,23). The van der Waals surface area contributed by atoms with Crippen LogP contribution in [0.25, 0.3) is 0 Å². The Morgan fingerprint density at radius 3 is 2.52 bits per heavy atom. The first-order valence-electron chi connectivity index (χ1n) is 7.35. The van der Waals surface area contributed by atoms with Crippen LogP contribution in [-0.4, -0.2) is 30.0 Å². The Kier molecular flexibility index (Phi) is 6.44. The van der Waals surface area contributed by atoms with Crippen LogP contribution in [-0.2, 0) is 6.42 Å². The molecule has 0 fully saturated rings. The molecule has 0 heterocycles. The molecule has 0 saturated heterocycles. The molecule has 1 unspecified atom stereocenters.